The van der Waals surface area contributed by atoms with Gasteiger partial charge in [-0.25, -0.2) is 0 Å². The van der Waals surface area contributed by atoms with Crippen molar-refractivity contribution in [2.75, 3.05) is 5.32 Å². The summed E-state index contributed by atoms with van der Waals surface area (Å²) in [5, 5.41) is 20.0. The van der Waals surface area contributed by atoms with Gasteiger partial charge < -0.3 is 5.32 Å². The van der Waals surface area contributed by atoms with Gasteiger partial charge in [0.2, 0.25) is 5.91 Å². The molecule has 0 radical (unpaired) electrons. The summed E-state index contributed by atoms with van der Waals surface area (Å²) in [5.74, 6) is -0.104. The molecule has 7 heteroatoms. The second kappa shape index (κ2) is 6.50. The van der Waals surface area contributed by atoms with E-state index in [0.717, 1.165) is 9.35 Å². The number of amides is 1. The molecule has 1 amide bonds. The van der Waals surface area contributed by atoms with Crippen molar-refractivity contribution in [3.8, 4) is 6.07 Å². The van der Waals surface area contributed by atoms with Gasteiger partial charge in [0.1, 0.15) is 5.01 Å². The molecule has 1 aromatic carbocycles. The molecule has 2 aromatic rings. The van der Waals surface area contributed by atoms with Crippen LogP contribution in [0.25, 0.3) is 0 Å². The van der Waals surface area contributed by atoms with Crippen molar-refractivity contribution in [2.24, 2.45) is 0 Å². The highest BCUT2D eigenvalue weighted by Gasteiger charge is 2.16. The van der Waals surface area contributed by atoms with Gasteiger partial charge in [-0.3, -0.25) is 4.79 Å². The molecule has 0 aliphatic heterocycles. The quantitative estimate of drug-likeness (QED) is 0.879. The van der Waals surface area contributed by atoms with Gasteiger partial charge in [-0.15, -0.1) is 10.2 Å². The van der Waals surface area contributed by atoms with E-state index in [0.29, 0.717) is 11.3 Å². The van der Waals surface area contributed by atoms with E-state index < -0.39 is 0 Å². The van der Waals surface area contributed by atoms with Gasteiger partial charge in [-0.2, -0.15) is 5.26 Å². The van der Waals surface area contributed by atoms with Crippen LogP contribution in [-0.4, -0.2) is 21.4 Å². The topological polar surface area (TPSA) is 78.7 Å². The van der Waals surface area contributed by atoms with Crippen molar-refractivity contribution in [3.05, 3.63) is 34.8 Å². The molecule has 2 rings (SSSR count). The number of nitrogens with zero attached hydrogens (tertiary/aromatic N) is 3. The number of carbonyl (C=O) groups is 1. The Morgan fingerprint density at radius 2 is 2.10 bits per heavy atom. The first-order valence-electron chi connectivity index (χ1n) is 5.86. The third-order valence-electron chi connectivity index (χ3n) is 2.44. The monoisotopic (exact) mass is 304 g/mol. The van der Waals surface area contributed by atoms with Crippen LogP contribution in [0.5, 0.6) is 0 Å². The van der Waals surface area contributed by atoms with Crippen LogP contribution in [0, 0.1) is 18.3 Å². The molecule has 0 fully saturated rings. The predicted molar refractivity (Wildman–Crippen MR) is 79.8 cm³/mol. The number of aromatic nitrogens is 2. The fourth-order valence-corrected chi connectivity index (χ4v) is 3.36. The molecule has 1 atom stereocenters. The lowest BCUT2D eigenvalue weighted by Crippen LogP contribution is -2.22. The molecule has 20 heavy (non-hydrogen) atoms. The molecule has 1 heterocycles. The lowest BCUT2D eigenvalue weighted by molar-refractivity contribution is -0.115. The third kappa shape index (κ3) is 3.79. The van der Waals surface area contributed by atoms with Gasteiger partial charge in [0.15, 0.2) is 4.34 Å². The van der Waals surface area contributed by atoms with Crippen LogP contribution in [-0.2, 0) is 4.79 Å². The molecular weight excluding hydrogens is 292 g/mol. The van der Waals surface area contributed by atoms with Gasteiger partial charge in [0.05, 0.1) is 16.9 Å². The van der Waals surface area contributed by atoms with Crippen LogP contribution < -0.4 is 5.32 Å². The molecule has 0 saturated heterocycles. The molecule has 0 unspecified atom stereocenters. The van der Waals surface area contributed by atoms with E-state index in [-0.39, 0.29) is 11.2 Å². The minimum Gasteiger partial charge on any atom is -0.325 e. The summed E-state index contributed by atoms with van der Waals surface area (Å²) in [6, 6.07) is 8.79. The molecule has 0 aliphatic carbocycles. The van der Waals surface area contributed by atoms with Crippen molar-refractivity contribution in [1.82, 2.24) is 10.2 Å². The molecule has 1 aromatic heterocycles. The Hall–Kier alpha value is -1.91. The van der Waals surface area contributed by atoms with Crippen molar-refractivity contribution >= 4 is 34.7 Å². The molecule has 102 valence electrons. The molecule has 5 nitrogen and oxygen atoms in total. The zero-order chi connectivity index (χ0) is 14.5. The van der Waals surface area contributed by atoms with E-state index >= 15 is 0 Å². The summed E-state index contributed by atoms with van der Waals surface area (Å²) in [7, 11) is 0. The van der Waals surface area contributed by atoms with E-state index in [1.165, 1.54) is 23.1 Å². The van der Waals surface area contributed by atoms with Crippen LogP contribution in [0.15, 0.2) is 28.6 Å². The van der Waals surface area contributed by atoms with E-state index in [1.807, 2.05) is 19.9 Å². The second-order valence-corrected chi connectivity index (χ2v) is 6.80. The van der Waals surface area contributed by atoms with Gasteiger partial charge in [-0.1, -0.05) is 23.1 Å². The predicted octanol–water partition coefficient (Wildman–Crippen LogP) is 2.84. The Morgan fingerprint density at radius 3 is 2.65 bits per heavy atom. The Labute approximate surface area is 125 Å². The molecule has 0 saturated carbocycles. The number of hydrogen-bond donors (Lipinski definition) is 1. The summed E-state index contributed by atoms with van der Waals surface area (Å²) in [4.78, 5) is 12.0. The first kappa shape index (κ1) is 14.5. The van der Waals surface area contributed by atoms with E-state index in [4.69, 9.17) is 5.26 Å². The minimum atomic E-state index is -0.266. The van der Waals surface area contributed by atoms with Gasteiger partial charge in [-0.05, 0) is 38.1 Å². The number of nitrogens with one attached hydrogen (secondary N) is 1. The van der Waals surface area contributed by atoms with Crippen LogP contribution in [0.4, 0.5) is 5.69 Å². The Kier molecular flexibility index (Phi) is 4.71. The average molecular weight is 304 g/mol. The summed E-state index contributed by atoms with van der Waals surface area (Å²) >= 11 is 2.85. The first-order valence-corrected chi connectivity index (χ1v) is 7.56. The van der Waals surface area contributed by atoms with Crippen molar-refractivity contribution < 1.29 is 4.79 Å². The van der Waals surface area contributed by atoms with Crippen molar-refractivity contribution in [1.29, 1.82) is 5.26 Å². The summed E-state index contributed by atoms with van der Waals surface area (Å²) in [6.45, 7) is 3.70. The highest BCUT2D eigenvalue weighted by atomic mass is 32.2. The third-order valence-corrected chi connectivity index (χ3v) is 4.46. The van der Waals surface area contributed by atoms with Gasteiger partial charge in [0.25, 0.3) is 0 Å². The maximum atomic E-state index is 12.0. The maximum absolute atomic E-state index is 12.0. The number of carbonyl (C=O) groups excluding carboxylic acids is 1. The van der Waals surface area contributed by atoms with Crippen LogP contribution in [0.3, 0.4) is 0 Å². The van der Waals surface area contributed by atoms with Crippen molar-refractivity contribution in [2.45, 2.75) is 23.4 Å². The fraction of sp³-hybridized carbons (Fsp3) is 0.231. The second-order valence-electron chi connectivity index (χ2n) is 4.03. The van der Waals surface area contributed by atoms with Crippen LogP contribution in [0.1, 0.15) is 17.5 Å². The number of aryl methyl sites for hydroxylation is 1. The Morgan fingerprint density at radius 1 is 1.40 bits per heavy atom. The molecule has 0 aliphatic rings. The summed E-state index contributed by atoms with van der Waals surface area (Å²) in [6.07, 6.45) is 0. The standard InChI is InChI=1S/C13H12N4OS2/c1-8(19-13-17-16-9(2)20-13)12(18)15-11-5-3-10(7-14)4-6-11/h3-6,8H,1-2H3,(H,15,18)/t8-/m0/s1. The summed E-state index contributed by atoms with van der Waals surface area (Å²) in [5.41, 5.74) is 1.24. The highest BCUT2D eigenvalue weighted by Crippen LogP contribution is 2.26. The number of hydrogen-bond acceptors (Lipinski definition) is 6. The zero-order valence-corrected chi connectivity index (χ0v) is 12.6. The van der Waals surface area contributed by atoms with Gasteiger partial charge >= 0.3 is 0 Å². The maximum Gasteiger partial charge on any atom is 0.237 e. The SMILES string of the molecule is Cc1nnc(S[C@@H](C)C(=O)Nc2ccc(C#N)cc2)s1. The van der Waals surface area contributed by atoms with Crippen LogP contribution in [0.2, 0.25) is 0 Å². The molecular formula is C13H12N4OS2. The average Bonchev–Trinajstić information content (AvgIpc) is 2.85. The minimum absolute atomic E-state index is 0.104. The van der Waals surface area contributed by atoms with E-state index in [9.17, 15) is 4.79 Å². The van der Waals surface area contributed by atoms with Gasteiger partial charge in [0, 0.05) is 5.69 Å². The molecule has 0 bridgehead atoms. The number of nitriles is 1. The fourth-order valence-electron chi connectivity index (χ4n) is 1.40. The number of thioether (sulfide) groups is 1. The first-order chi connectivity index (χ1) is 9.58. The zero-order valence-electron chi connectivity index (χ0n) is 11.0. The molecule has 0 spiro atoms. The normalized spacial score (nSPS) is 11.7. The Balaban J connectivity index is 1.95. The van der Waals surface area contributed by atoms with Crippen LogP contribution >= 0.6 is 23.1 Å². The van der Waals surface area contributed by atoms with E-state index in [2.05, 4.69) is 15.5 Å². The lowest BCUT2D eigenvalue weighted by Gasteiger charge is -2.10. The highest BCUT2D eigenvalue weighted by molar-refractivity contribution is 8.02. The number of anilines is 1. The van der Waals surface area contributed by atoms with E-state index in [1.54, 1.807) is 24.3 Å². The number of rotatable bonds is 4. The Bertz CT molecular complexity index is 645. The number of benzene rings is 1. The molecule has 1 N–H and O–H groups in total. The summed E-state index contributed by atoms with van der Waals surface area (Å²) < 4.78 is 0.782. The van der Waals surface area contributed by atoms with Crippen molar-refractivity contribution in [3.63, 3.8) is 0 Å². The lowest BCUT2D eigenvalue weighted by atomic mass is 10.2. The largest absolute Gasteiger partial charge is 0.325 e. The smallest absolute Gasteiger partial charge is 0.237 e.